The van der Waals surface area contributed by atoms with Crippen LogP contribution in [0.4, 0.5) is 22.1 Å². The first-order chi connectivity index (χ1) is 17.8. The largest absolute Gasteiger partial charge is 0.444 e. The number of amides is 1. The van der Waals surface area contributed by atoms with Crippen molar-refractivity contribution >= 4 is 46.5 Å². The molecule has 1 aliphatic heterocycles. The van der Waals surface area contributed by atoms with Crippen LogP contribution in [0.15, 0.2) is 67.1 Å². The molecule has 3 heterocycles. The number of hydrogen-bond acceptors (Lipinski definition) is 6. The lowest BCUT2D eigenvalue weighted by Crippen LogP contribution is -2.50. The zero-order chi connectivity index (χ0) is 25.8. The molecule has 0 unspecified atom stereocenters. The van der Waals surface area contributed by atoms with Crippen LogP contribution in [0.1, 0.15) is 31.9 Å². The van der Waals surface area contributed by atoms with Crippen molar-refractivity contribution in [3.05, 3.63) is 78.2 Å². The second-order valence-corrected chi connectivity index (χ2v) is 10.1. The third kappa shape index (κ3) is 6.09. The van der Waals surface area contributed by atoms with E-state index in [0.717, 1.165) is 41.1 Å². The summed E-state index contributed by atoms with van der Waals surface area (Å²) in [5, 5.41) is 4.48. The molecular weight excluding hydrogens is 464 g/mol. The molecule has 2 aromatic carbocycles. The minimum absolute atomic E-state index is 0.250. The van der Waals surface area contributed by atoms with E-state index < -0.39 is 5.60 Å². The van der Waals surface area contributed by atoms with E-state index in [0.29, 0.717) is 19.0 Å². The van der Waals surface area contributed by atoms with Crippen LogP contribution < -0.4 is 10.2 Å². The van der Waals surface area contributed by atoms with E-state index in [4.69, 9.17) is 4.74 Å². The van der Waals surface area contributed by atoms with Crippen molar-refractivity contribution in [2.75, 3.05) is 36.4 Å². The summed E-state index contributed by atoms with van der Waals surface area (Å²) in [4.78, 5) is 28.6. The number of carbonyl (C=O) groups excluding carboxylic acids is 1. The highest BCUT2D eigenvalue weighted by atomic mass is 16.6. The number of hydrogen-bond donors (Lipinski definition) is 2. The Labute approximate surface area is 217 Å². The number of anilines is 3. The van der Waals surface area contributed by atoms with Crippen molar-refractivity contribution in [3.63, 3.8) is 0 Å². The van der Waals surface area contributed by atoms with Crippen molar-refractivity contribution in [2.24, 2.45) is 0 Å². The highest BCUT2D eigenvalue weighted by Gasteiger charge is 2.26. The van der Waals surface area contributed by atoms with E-state index in [2.05, 4.69) is 61.6 Å². The number of benzene rings is 2. The first kappa shape index (κ1) is 24.4. The van der Waals surface area contributed by atoms with Gasteiger partial charge in [0.1, 0.15) is 5.60 Å². The smallest absolute Gasteiger partial charge is 0.410 e. The Morgan fingerprint density at radius 3 is 2.51 bits per heavy atom. The molecule has 5 rings (SSSR count). The lowest BCUT2D eigenvalue weighted by Gasteiger charge is -2.36. The van der Waals surface area contributed by atoms with Crippen LogP contribution in [0.3, 0.4) is 0 Å². The summed E-state index contributed by atoms with van der Waals surface area (Å²) in [6.07, 6.45) is 9.41. The third-order valence-corrected chi connectivity index (χ3v) is 6.15. The van der Waals surface area contributed by atoms with E-state index >= 15 is 0 Å². The maximum absolute atomic E-state index is 12.3. The summed E-state index contributed by atoms with van der Waals surface area (Å²) in [7, 11) is 0. The number of nitrogens with zero attached hydrogens (tertiary/aromatic N) is 4. The zero-order valence-electron chi connectivity index (χ0n) is 21.4. The standard InChI is InChI=1S/C29H32N6O2/c1-29(2,3)37-28(36)35-16-14-34(15-17-35)24-8-5-7-23(18-24)33-27-31-19-21(20-32-27)10-11-22-6-4-9-26-25(22)12-13-30-26/h4-13,18-20,30H,14-17H2,1-3H3,(H,31,32,33). The lowest BCUT2D eigenvalue weighted by molar-refractivity contribution is 0.0240. The number of ether oxygens (including phenoxy) is 1. The average molecular weight is 497 g/mol. The second-order valence-electron chi connectivity index (χ2n) is 10.1. The predicted octanol–water partition coefficient (Wildman–Crippen LogP) is 5.93. The number of rotatable bonds is 5. The lowest BCUT2D eigenvalue weighted by atomic mass is 10.1. The molecule has 190 valence electrons. The summed E-state index contributed by atoms with van der Waals surface area (Å²) in [6.45, 7) is 8.41. The minimum Gasteiger partial charge on any atom is -0.444 e. The van der Waals surface area contributed by atoms with Crippen LogP contribution in [0.25, 0.3) is 23.1 Å². The maximum atomic E-state index is 12.3. The Bertz CT molecular complexity index is 1400. The highest BCUT2D eigenvalue weighted by molar-refractivity contribution is 5.91. The van der Waals surface area contributed by atoms with Gasteiger partial charge in [-0.1, -0.05) is 30.4 Å². The SMILES string of the molecule is CC(C)(C)OC(=O)N1CCN(c2cccc(Nc3ncc(C=Cc4cccc5[nH]ccc45)cn3)c2)CC1. The molecule has 0 atom stereocenters. The number of H-pyrrole nitrogens is 1. The maximum Gasteiger partial charge on any atom is 0.410 e. The van der Waals surface area contributed by atoms with Gasteiger partial charge in [-0.15, -0.1) is 0 Å². The van der Waals surface area contributed by atoms with Crippen LogP contribution in [0, 0.1) is 0 Å². The highest BCUT2D eigenvalue weighted by Crippen LogP contribution is 2.24. The van der Waals surface area contributed by atoms with E-state index in [1.54, 1.807) is 4.90 Å². The molecule has 4 aromatic rings. The van der Waals surface area contributed by atoms with Gasteiger partial charge >= 0.3 is 6.09 Å². The Morgan fingerprint density at radius 2 is 1.76 bits per heavy atom. The van der Waals surface area contributed by atoms with Crippen LogP contribution in [0.2, 0.25) is 0 Å². The first-order valence-electron chi connectivity index (χ1n) is 12.5. The minimum atomic E-state index is -0.484. The monoisotopic (exact) mass is 496 g/mol. The fraction of sp³-hybridized carbons (Fsp3) is 0.276. The van der Waals surface area contributed by atoms with Crippen molar-refractivity contribution in [1.29, 1.82) is 0 Å². The van der Waals surface area contributed by atoms with Gasteiger partial charge in [-0.2, -0.15) is 0 Å². The van der Waals surface area contributed by atoms with Crippen molar-refractivity contribution in [1.82, 2.24) is 19.9 Å². The Kier molecular flexibility index (Phi) is 6.81. The number of piperazine rings is 1. The van der Waals surface area contributed by atoms with Gasteiger partial charge in [-0.25, -0.2) is 14.8 Å². The topological polar surface area (TPSA) is 86.4 Å². The van der Waals surface area contributed by atoms with Gasteiger partial charge in [0, 0.05) is 72.6 Å². The molecule has 0 bridgehead atoms. The summed E-state index contributed by atoms with van der Waals surface area (Å²) < 4.78 is 5.50. The molecule has 1 amide bonds. The Balaban J connectivity index is 1.19. The molecule has 8 heteroatoms. The number of aromatic amines is 1. The third-order valence-electron chi connectivity index (χ3n) is 6.15. The van der Waals surface area contributed by atoms with E-state index in [9.17, 15) is 4.79 Å². The molecule has 1 aliphatic rings. The van der Waals surface area contributed by atoms with E-state index in [-0.39, 0.29) is 6.09 Å². The molecule has 1 saturated heterocycles. The molecule has 0 saturated carbocycles. The molecule has 0 spiro atoms. The quantitative estimate of drug-likeness (QED) is 0.356. The van der Waals surface area contributed by atoms with Gasteiger partial charge in [-0.3, -0.25) is 0 Å². The normalized spacial score (nSPS) is 14.4. The van der Waals surface area contributed by atoms with Crippen molar-refractivity contribution < 1.29 is 9.53 Å². The fourth-order valence-electron chi connectivity index (χ4n) is 4.31. The van der Waals surface area contributed by atoms with Gasteiger partial charge < -0.3 is 24.8 Å². The summed E-state index contributed by atoms with van der Waals surface area (Å²) in [5.41, 5.74) is 4.70. The molecule has 0 radical (unpaired) electrons. The van der Waals surface area contributed by atoms with Gasteiger partial charge in [0.05, 0.1) is 0 Å². The molecule has 2 N–H and O–H groups in total. The summed E-state index contributed by atoms with van der Waals surface area (Å²) in [6, 6.07) is 16.4. The van der Waals surface area contributed by atoms with Gasteiger partial charge in [0.2, 0.25) is 5.95 Å². The Hall–Kier alpha value is -4.33. The number of carbonyl (C=O) groups is 1. The molecule has 8 nitrogen and oxygen atoms in total. The van der Waals surface area contributed by atoms with Gasteiger partial charge in [-0.05, 0) is 56.7 Å². The molecule has 0 aliphatic carbocycles. The summed E-state index contributed by atoms with van der Waals surface area (Å²) in [5.74, 6) is 0.539. The zero-order valence-corrected chi connectivity index (χ0v) is 21.4. The van der Waals surface area contributed by atoms with Crippen molar-refractivity contribution in [3.8, 4) is 0 Å². The van der Waals surface area contributed by atoms with E-state index in [1.165, 1.54) is 5.39 Å². The number of fused-ring (bicyclic) bond motifs is 1. The predicted molar refractivity (Wildman–Crippen MR) is 149 cm³/mol. The average Bonchev–Trinajstić information content (AvgIpc) is 3.37. The number of aromatic nitrogens is 3. The van der Waals surface area contributed by atoms with Gasteiger partial charge in [0.15, 0.2) is 0 Å². The second kappa shape index (κ2) is 10.3. The molecular formula is C29H32N6O2. The number of nitrogens with one attached hydrogen (secondary N) is 2. The van der Waals surface area contributed by atoms with Crippen molar-refractivity contribution in [2.45, 2.75) is 26.4 Å². The fourth-order valence-corrected chi connectivity index (χ4v) is 4.31. The van der Waals surface area contributed by atoms with Crippen LogP contribution in [0.5, 0.6) is 0 Å². The molecule has 2 aromatic heterocycles. The van der Waals surface area contributed by atoms with Crippen LogP contribution >= 0.6 is 0 Å². The molecule has 37 heavy (non-hydrogen) atoms. The van der Waals surface area contributed by atoms with Gasteiger partial charge in [0.25, 0.3) is 0 Å². The Morgan fingerprint density at radius 1 is 1.00 bits per heavy atom. The van der Waals surface area contributed by atoms with E-state index in [1.807, 2.05) is 63.6 Å². The van der Waals surface area contributed by atoms with Crippen LogP contribution in [-0.4, -0.2) is 57.7 Å². The summed E-state index contributed by atoms with van der Waals surface area (Å²) >= 11 is 0. The van der Waals surface area contributed by atoms with Crippen LogP contribution in [-0.2, 0) is 4.74 Å². The first-order valence-corrected chi connectivity index (χ1v) is 12.5. The molecule has 1 fully saturated rings.